The van der Waals surface area contributed by atoms with Crippen LogP contribution in [0, 0.1) is 10.1 Å². The molecule has 126 valence electrons. The lowest BCUT2D eigenvalue weighted by Gasteiger charge is -2.21. The van der Waals surface area contributed by atoms with Gasteiger partial charge in [0.2, 0.25) is 5.95 Å². The van der Waals surface area contributed by atoms with Gasteiger partial charge in [-0.05, 0) is 45.7 Å². The molecule has 1 aliphatic carbocycles. The van der Waals surface area contributed by atoms with Gasteiger partial charge in [-0.3, -0.25) is 10.1 Å². The third-order valence-corrected chi connectivity index (χ3v) is 3.58. The van der Waals surface area contributed by atoms with E-state index in [1.54, 1.807) is 12.1 Å². The number of rotatable bonds is 5. The molecule has 1 fully saturated rings. The number of nitro groups is 1. The Kier molecular flexibility index (Phi) is 4.09. The summed E-state index contributed by atoms with van der Waals surface area (Å²) in [4.78, 5) is 19.4. The van der Waals surface area contributed by atoms with Crippen molar-refractivity contribution in [2.75, 3.05) is 10.6 Å². The van der Waals surface area contributed by atoms with E-state index in [0.29, 0.717) is 17.7 Å². The van der Waals surface area contributed by atoms with Gasteiger partial charge in [0.1, 0.15) is 5.82 Å². The molecule has 0 radical (unpaired) electrons. The summed E-state index contributed by atoms with van der Waals surface area (Å²) in [6, 6.07) is 8.24. The number of nitrogens with zero attached hydrogens (tertiary/aromatic N) is 3. The molecule has 0 bridgehead atoms. The Labute approximate surface area is 140 Å². The minimum Gasteiger partial charge on any atom is -0.350 e. The van der Waals surface area contributed by atoms with Crippen molar-refractivity contribution in [2.24, 2.45) is 0 Å². The Morgan fingerprint density at radius 2 is 1.83 bits per heavy atom. The molecule has 0 amide bonds. The lowest BCUT2D eigenvalue weighted by atomic mass is 10.1. The Morgan fingerprint density at radius 1 is 1.17 bits per heavy atom. The minimum atomic E-state index is -0.412. The molecule has 1 saturated carbocycles. The van der Waals surface area contributed by atoms with Crippen LogP contribution in [0.1, 0.15) is 45.2 Å². The fourth-order valence-corrected chi connectivity index (χ4v) is 2.32. The molecule has 0 spiro atoms. The van der Waals surface area contributed by atoms with Gasteiger partial charge in [-0.25, -0.2) is 4.98 Å². The van der Waals surface area contributed by atoms with Gasteiger partial charge in [0.05, 0.1) is 10.6 Å². The lowest BCUT2D eigenvalue weighted by Crippen LogP contribution is -2.27. The SMILES string of the molecule is CC(C)(C)Nc1nc(Nc2ccc([N+](=O)[O-])cc2)cc(C2CC2)n1. The van der Waals surface area contributed by atoms with E-state index in [4.69, 9.17) is 0 Å². The van der Waals surface area contributed by atoms with E-state index in [1.807, 2.05) is 6.07 Å². The summed E-state index contributed by atoms with van der Waals surface area (Å²) in [6.07, 6.45) is 2.31. The smallest absolute Gasteiger partial charge is 0.269 e. The van der Waals surface area contributed by atoms with Crippen LogP contribution in [0.5, 0.6) is 0 Å². The van der Waals surface area contributed by atoms with Crippen LogP contribution >= 0.6 is 0 Å². The number of nitrogens with one attached hydrogen (secondary N) is 2. The van der Waals surface area contributed by atoms with Crippen molar-refractivity contribution in [3.8, 4) is 0 Å². The Bertz CT molecular complexity index is 749. The number of aromatic nitrogens is 2. The van der Waals surface area contributed by atoms with E-state index in [9.17, 15) is 10.1 Å². The molecule has 0 aliphatic heterocycles. The second kappa shape index (κ2) is 6.07. The third-order valence-electron chi connectivity index (χ3n) is 3.58. The van der Waals surface area contributed by atoms with Gasteiger partial charge in [0.15, 0.2) is 0 Å². The summed E-state index contributed by atoms with van der Waals surface area (Å²) in [6.45, 7) is 6.18. The van der Waals surface area contributed by atoms with Crippen molar-refractivity contribution in [3.05, 3.63) is 46.1 Å². The predicted octanol–water partition coefficient (Wildman–Crippen LogP) is 4.22. The molecule has 1 aromatic carbocycles. The van der Waals surface area contributed by atoms with Crippen LogP contribution in [0.25, 0.3) is 0 Å². The van der Waals surface area contributed by atoms with Gasteiger partial charge in [0.25, 0.3) is 5.69 Å². The van der Waals surface area contributed by atoms with Crippen LogP contribution in [0.3, 0.4) is 0 Å². The third kappa shape index (κ3) is 4.18. The molecule has 7 nitrogen and oxygen atoms in total. The molecule has 2 aromatic rings. The van der Waals surface area contributed by atoms with Gasteiger partial charge in [-0.1, -0.05) is 0 Å². The van der Waals surface area contributed by atoms with Gasteiger partial charge in [-0.2, -0.15) is 4.98 Å². The van der Waals surface area contributed by atoms with Crippen LogP contribution in [-0.4, -0.2) is 20.4 Å². The molecule has 1 aromatic heterocycles. The van der Waals surface area contributed by atoms with E-state index in [-0.39, 0.29) is 11.2 Å². The van der Waals surface area contributed by atoms with E-state index in [0.717, 1.165) is 24.2 Å². The topological polar surface area (TPSA) is 93.0 Å². The summed E-state index contributed by atoms with van der Waals surface area (Å²) >= 11 is 0. The van der Waals surface area contributed by atoms with Crippen LogP contribution in [0.2, 0.25) is 0 Å². The maximum absolute atomic E-state index is 10.7. The largest absolute Gasteiger partial charge is 0.350 e. The number of hydrogen-bond donors (Lipinski definition) is 2. The van der Waals surface area contributed by atoms with E-state index in [2.05, 4.69) is 41.4 Å². The van der Waals surface area contributed by atoms with Gasteiger partial charge < -0.3 is 10.6 Å². The minimum absolute atomic E-state index is 0.0667. The van der Waals surface area contributed by atoms with Gasteiger partial charge >= 0.3 is 0 Å². The highest BCUT2D eigenvalue weighted by atomic mass is 16.6. The first-order chi connectivity index (χ1) is 11.3. The average molecular weight is 327 g/mol. The Balaban J connectivity index is 1.84. The monoisotopic (exact) mass is 327 g/mol. The summed E-state index contributed by atoms with van der Waals surface area (Å²) < 4.78 is 0. The summed E-state index contributed by atoms with van der Waals surface area (Å²) in [5.74, 6) is 1.79. The zero-order valence-electron chi connectivity index (χ0n) is 14.0. The second-order valence-corrected chi connectivity index (χ2v) is 7.08. The fraction of sp³-hybridized carbons (Fsp3) is 0.412. The number of anilines is 3. The highest BCUT2D eigenvalue weighted by Crippen LogP contribution is 2.40. The molecular weight excluding hydrogens is 306 g/mol. The molecule has 1 heterocycles. The van der Waals surface area contributed by atoms with Crippen molar-refractivity contribution >= 4 is 23.1 Å². The lowest BCUT2D eigenvalue weighted by molar-refractivity contribution is -0.384. The Hall–Kier alpha value is -2.70. The summed E-state index contributed by atoms with van der Waals surface area (Å²) in [5, 5.41) is 17.2. The molecule has 1 aliphatic rings. The van der Waals surface area contributed by atoms with E-state index in [1.165, 1.54) is 12.1 Å². The number of hydrogen-bond acceptors (Lipinski definition) is 6. The van der Waals surface area contributed by atoms with Crippen LogP contribution < -0.4 is 10.6 Å². The van der Waals surface area contributed by atoms with Gasteiger partial charge in [0, 0.05) is 35.3 Å². The molecule has 2 N–H and O–H groups in total. The van der Waals surface area contributed by atoms with E-state index < -0.39 is 4.92 Å². The molecule has 0 unspecified atom stereocenters. The highest BCUT2D eigenvalue weighted by Gasteiger charge is 2.26. The first kappa shape index (κ1) is 16.2. The maximum Gasteiger partial charge on any atom is 0.269 e. The zero-order chi connectivity index (χ0) is 17.3. The average Bonchev–Trinajstić information content (AvgIpc) is 3.30. The van der Waals surface area contributed by atoms with Gasteiger partial charge in [-0.15, -0.1) is 0 Å². The van der Waals surface area contributed by atoms with Crippen molar-refractivity contribution in [2.45, 2.75) is 45.1 Å². The molecular formula is C17H21N5O2. The first-order valence-corrected chi connectivity index (χ1v) is 7.99. The standard InChI is InChI=1S/C17H21N5O2/c1-17(2,3)21-16-19-14(11-4-5-11)10-15(20-16)18-12-6-8-13(9-7-12)22(23)24/h6-11H,4-5H2,1-3H3,(H2,18,19,20,21). The van der Waals surface area contributed by atoms with Crippen molar-refractivity contribution < 1.29 is 4.92 Å². The second-order valence-electron chi connectivity index (χ2n) is 7.08. The zero-order valence-corrected chi connectivity index (χ0v) is 14.0. The normalized spacial score (nSPS) is 14.3. The molecule has 24 heavy (non-hydrogen) atoms. The van der Waals surface area contributed by atoms with Crippen molar-refractivity contribution in [1.29, 1.82) is 0 Å². The molecule has 3 rings (SSSR count). The van der Waals surface area contributed by atoms with Crippen LogP contribution in [0.15, 0.2) is 30.3 Å². The summed E-state index contributed by atoms with van der Waals surface area (Å²) in [5.41, 5.74) is 1.72. The van der Waals surface area contributed by atoms with Crippen molar-refractivity contribution in [3.63, 3.8) is 0 Å². The summed E-state index contributed by atoms with van der Waals surface area (Å²) in [7, 11) is 0. The number of benzene rings is 1. The van der Waals surface area contributed by atoms with Crippen molar-refractivity contribution in [1.82, 2.24) is 9.97 Å². The highest BCUT2D eigenvalue weighted by molar-refractivity contribution is 5.59. The molecule has 0 atom stereocenters. The molecule has 7 heteroatoms. The van der Waals surface area contributed by atoms with E-state index >= 15 is 0 Å². The first-order valence-electron chi connectivity index (χ1n) is 7.99. The number of non-ortho nitro benzene ring substituents is 1. The number of nitro benzene ring substituents is 1. The Morgan fingerprint density at radius 3 is 2.38 bits per heavy atom. The fourth-order valence-electron chi connectivity index (χ4n) is 2.32. The molecule has 0 saturated heterocycles. The quantitative estimate of drug-likeness (QED) is 0.631. The predicted molar refractivity (Wildman–Crippen MR) is 93.8 cm³/mol. The maximum atomic E-state index is 10.7. The van der Waals surface area contributed by atoms with Crippen LogP contribution in [0.4, 0.5) is 23.1 Å². The van der Waals surface area contributed by atoms with Crippen LogP contribution in [-0.2, 0) is 0 Å².